The van der Waals surface area contributed by atoms with Crippen molar-refractivity contribution < 1.29 is 9.50 Å². The van der Waals surface area contributed by atoms with E-state index in [1.54, 1.807) is 6.07 Å². The van der Waals surface area contributed by atoms with Crippen LogP contribution in [0.15, 0.2) is 18.3 Å². The van der Waals surface area contributed by atoms with Crippen molar-refractivity contribution in [2.45, 2.75) is 25.4 Å². The van der Waals surface area contributed by atoms with E-state index in [-0.39, 0.29) is 6.10 Å². The highest BCUT2D eigenvalue weighted by Crippen LogP contribution is 2.19. The van der Waals surface area contributed by atoms with Crippen LogP contribution in [0.25, 0.3) is 0 Å². The van der Waals surface area contributed by atoms with E-state index in [1.165, 1.54) is 12.3 Å². The van der Waals surface area contributed by atoms with Gasteiger partial charge in [0.15, 0.2) is 0 Å². The van der Waals surface area contributed by atoms with Gasteiger partial charge in [-0.05, 0) is 25.3 Å². The second-order valence-electron chi connectivity index (χ2n) is 3.91. The molecule has 1 saturated heterocycles. The molecule has 2 heterocycles. The molecule has 0 radical (unpaired) electrons. The third-order valence-corrected chi connectivity index (χ3v) is 2.77. The lowest BCUT2D eigenvalue weighted by molar-refractivity contribution is 0.161. The molecule has 0 bridgehead atoms. The van der Waals surface area contributed by atoms with Gasteiger partial charge in [-0.2, -0.15) is 4.39 Å². The lowest BCUT2D eigenvalue weighted by Crippen LogP contribution is -2.24. The first-order chi connectivity index (χ1) is 7.25. The van der Waals surface area contributed by atoms with Crippen molar-refractivity contribution in [1.29, 1.82) is 0 Å². The molecule has 1 N–H and O–H groups in total. The Morgan fingerprint density at radius 2 is 2.27 bits per heavy atom. The van der Waals surface area contributed by atoms with E-state index in [1.807, 2.05) is 0 Å². The second kappa shape index (κ2) is 4.57. The number of aliphatic hydroxyl groups excluding tert-OH is 1. The van der Waals surface area contributed by atoms with Gasteiger partial charge in [0.2, 0.25) is 5.95 Å². The summed E-state index contributed by atoms with van der Waals surface area (Å²) in [5.74, 6) is -0.447. The minimum atomic E-state index is -0.447. The van der Waals surface area contributed by atoms with Gasteiger partial charge in [-0.15, -0.1) is 0 Å². The minimum absolute atomic E-state index is 0.207. The molecule has 1 atom stereocenters. The molecule has 2 rings (SSSR count). The maximum absolute atomic E-state index is 12.9. The summed E-state index contributed by atoms with van der Waals surface area (Å²) in [7, 11) is 0. The van der Waals surface area contributed by atoms with E-state index in [2.05, 4.69) is 9.88 Å². The minimum Gasteiger partial charge on any atom is -0.393 e. The van der Waals surface area contributed by atoms with Gasteiger partial charge in [0, 0.05) is 31.0 Å². The standard InChI is InChI=1S/C11H15FN2O/c12-11-8-9(3-5-13-11)14-6-1-2-10(15)4-7-14/h3,5,8,10,15H,1-2,4,6-7H2. The summed E-state index contributed by atoms with van der Waals surface area (Å²) in [6, 6.07) is 3.25. The molecule has 1 aliphatic heterocycles. The van der Waals surface area contributed by atoms with Crippen molar-refractivity contribution >= 4 is 5.69 Å². The van der Waals surface area contributed by atoms with E-state index in [9.17, 15) is 9.50 Å². The molecule has 1 aliphatic rings. The van der Waals surface area contributed by atoms with Crippen molar-refractivity contribution in [3.05, 3.63) is 24.3 Å². The molecule has 0 aliphatic carbocycles. The topological polar surface area (TPSA) is 36.4 Å². The Morgan fingerprint density at radius 1 is 1.40 bits per heavy atom. The third kappa shape index (κ3) is 2.65. The van der Waals surface area contributed by atoms with Crippen LogP contribution in [-0.2, 0) is 0 Å². The van der Waals surface area contributed by atoms with Crippen LogP contribution in [0.4, 0.5) is 10.1 Å². The zero-order valence-electron chi connectivity index (χ0n) is 8.56. The Bertz CT molecular complexity index is 332. The molecule has 1 aromatic rings. The van der Waals surface area contributed by atoms with Gasteiger partial charge in [0.25, 0.3) is 0 Å². The maximum atomic E-state index is 12.9. The van der Waals surface area contributed by atoms with Crippen LogP contribution in [0.2, 0.25) is 0 Å². The number of halogens is 1. The molecular formula is C11H15FN2O. The Hall–Kier alpha value is -1.16. The summed E-state index contributed by atoms with van der Waals surface area (Å²) in [5.41, 5.74) is 0.858. The quantitative estimate of drug-likeness (QED) is 0.715. The number of nitrogens with zero attached hydrogens (tertiary/aromatic N) is 2. The van der Waals surface area contributed by atoms with Crippen molar-refractivity contribution in [1.82, 2.24) is 4.98 Å². The largest absolute Gasteiger partial charge is 0.393 e. The van der Waals surface area contributed by atoms with Gasteiger partial charge in [0.05, 0.1) is 6.10 Å². The molecular weight excluding hydrogens is 195 g/mol. The fourth-order valence-electron chi connectivity index (χ4n) is 1.93. The lowest BCUT2D eigenvalue weighted by Gasteiger charge is -2.22. The zero-order valence-corrected chi connectivity index (χ0v) is 8.56. The smallest absolute Gasteiger partial charge is 0.214 e. The van der Waals surface area contributed by atoms with Crippen LogP contribution in [0.5, 0.6) is 0 Å². The van der Waals surface area contributed by atoms with E-state index >= 15 is 0 Å². The maximum Gasteiger partial charge on any atom is 0.214 e. The first-order valence-electron chi connectivity index (χ1n) is 5.30. The third-order valence-electron chi connectivity index (χ3n) is 2.77. The van der Waals surface area contributed by atoms with Crippen molar-refractivity contribution in [2.75, 3.05) is 18.0 Å². The number of pyridine rings is 1. The summed E-state index contributed by atoms with van der Waals surface area (Å²) < 4.78 is 12.9. The molecule has 15 heavy (non-hydrogen) atoms. The monoisotopic (exact) mass is 210 g/mol. The summed E-state index contributed by atoms with van der Waals surface area (Å²) in [6.07, 6.45) is 3.81. The van der Waals surface area contributed by atoms with Gasteiger partial charge in [0.1, 0.15) is 0 Å². The molecule has 4 heteroatoms. The number of aliphatic hydroxyl groups is 1. The average molecular weight is 210 g/mol. The Balaban J connectivity index is 2.09. The number of rotatable bonds is 1. The molecule has 0 amide bonds. The van der Waals surface area contributed by atoms with Crippen LogP contribution in [0, 0.1) is 5.95 Å². The van der Waals surface area contributed by atoms with Gasteiger partial charge >= 0.3 is 0 Å². The summed E-state index contributed by atoms with van der Waals surface area (Å²) in [6.45, 7) is 1.66. The van der Waals surface area contributed by atoms with Crippen LogP contribution in [0.3, 0.4) is 0 Å². The molecule has 0 saturated carbocycles. The highest BCUT2D eigenvalue weighted by molar-refractivity contribution is 5.44. The number of hydrogen-bond donors (Lipinski definition) is 1. The van der Waals surface area contributed by atoms with E-state index < -0.39 is 5.95 Å². The first kappa shape index (κ1) is 10.4. The molecule has 1 unspecified atom stereocenters. The predicted octanol–water partition coefficient (Wildman–Crippen LogP) is 1.57. The van der Waals surface area contributed by atoms with Gasteiger partial charge in [-0.1, -0.05) is 0 Å². The summed E-state index contributed by atoms with van der Waals surface area (Å²) in [4.78, 5) is 5.63. The molecule has 82 valence electrons. The lowest BCUT2D eigenvalue weighted by atomic mass is 10.2. The van der Waals surface area contributed by atoms with Gasteiger partial charge < -0.3 is 10.0 Å². The highest BCUT2D eigenvalue weighted by atomic mass is 19.1. The highest BCUT2D eigenvalue weighted by Gasteiger charge is 2.15. The number of hydrogen-bond acceptors (Lipinski definition) is 3. The van der Waals surface area contributed by atoms with Crippen molar-refractivity contribution in [3.8, 4) is 0 Å². The molecule has 1 fully saturated rings. The molecule has 0 aromatic carbocycles. The van der Waals surface area contributed by atoms with Crippen LogP contribution < -0.4 is 4.90 Å². The number of anilines is 1. The number of aromatic nitrogens is 1. The second-order valence-corrected chi connectivity index (χ2v) is 3.91. The first-order valence-corrected chi connectivity index (χ1v) is 5.30. The average Bonchev–Trinajstić information content (AvgIpc) is 2.43. The molecule has 3 nitrogen and oxygen atoms in total. The van der Waals surface area contributed by atoms with E-state index in [4.69, 9.17) is 0 Å². The fraction of sp³-hybridized carbons (Fsp3) is 0.545. The fourth-order valence-corrected chi connectivity index (χ4v) is 1.93. The SMILES string of the molecule is OC1CCCN(c2ccnc(F)c2)CC1. The zero-order chi connectivity index (χ0) is 10.7. The van der Waals surface area contributed by atoms with Crippen LogP contribution in [-0.4, -0.2) is 29.3 Å². The van der Waals surface area contributed by atoms with Crippen LogP contribution >= 0.6 is 0 Å². The summed E-state index contributed by atoms with van der Waals surface area (Å²) >= 11 is 0. The van der Waals surface area contributed by atoms with E-state index in [0.717, 1.165) is 38.0 Å². The van der Waals surface area contributed by atoms with Crippen LogP contribution in [0.1, 0.15) is 19.3 Å². The Labute approximate surface area is 88.6 Å². The van der Waals surface area contributed by atoms with Crippen molar-refractivity contribution in [3.63, 3.8) is 0 Å². The molecule has 0 spiro atoms. The van der Waals surface area contributed by atoms with Crippen molar-refractivity contribution in [2.24, 2.45) is 0 Å². The van der Waals surface area contributed by atoms with Gasteiger partial charge in [-0.3, -0.25) is 0 Å². The summed E-state index contributed by atoms with van der Waals surface area (Å²) in [5, 5.41) is 9.50. The van der Waals surface area contributed by atoms with Gasteiger partial charge in [-0.25, -0.2) is 4.98 Å². The molecule has 1 aromatic heterocycles. The Morgan fingerprint density at radius 3 is 3.07 bits per heavy atom. The Kier molecular flexibility index (Phi) is 3.16. The van der Waals surface area contributed by atoms with E-state index in [0.29, 0.717) is 0 Å². The predicted molar refractivity (Wildman–Crippen MR) is 56.3 cm³/mol. The normalized spacial score (nSPS) is 22.5.